The molecule has 0 spiro atoms. The van der Waals surface area contributed by atoms with Crippen molar-refractivity contribution in [2.24, 2.45) is 5.73 Å². The monoisotopic (exact) mass is 478 g/mol. The number of nitrogens with two attached hydrogens (primary N) is 1. The Bertz CT molecular complexity index is 854. The zero-order valence-electron chi connectivity index (χ0n) is 18.2. The maximum absolute atomic E-state index is 12.8. The van der Waals surface area contributed by atoms with E-state index in [1.54, 1.807) is 6.08 Å². The number of ether oxygens (including phenoxy) is 1. The van der Waals surface area contributed by atoms with Crippen LogP contribution in [0, 0.1) is 0 Å². The lowest BCUT2D eigenvalue weighted by atomic mass is 10.1. The van der Waals surface area contributed by atoms with Crippen LogP contribution < -0.4 is 10.5 Å². The van der Waals surface area contributed by atoms with Crippen LogP contribution in [0.4, 0.5) is 0 Å². The van der Waals surface area contributed by atoms with Crippen LogP contribution in [0.3, 0.4) is 0 Å². The van der Waals surface area contributed by atoms with Crippen LogP contribution in [0.15, 0.2) is 29.2 Å². The molecule has 1 heterocycles. The Hall–Kier alpha value is -2.39. The summed E-state index contributed by atoms with van der Waals surface area (Å²) in [5.74, 6) is -1.58. The van der Waals surface area contributed by atoms with E-state index < -0.39 is 23.8 Å². The molecule has 0 saturated carbocycles. The Labute approximate surface area is 198 Å². The van der Waals surface area contributed by atoms with Crippen molar-refractivity contribution in [3.05, 3.63) is 34.7 Å². The van der Waals surface area contributed by atoms with Crippen LogP contribution in [0.2, 0.25) is 0 Å². The van der Waals surface area contributed by atoms with Gasteiger partial charge in [-0.2, -0.15) is 0 Å². The van der Waals surface area contributed by atoms with Gasteiger partial charge in [0.2, 0.25) is 5.91 Å². The minimum atomic E-state index is -1.23. The minimum absolute atomic E-state index is 0.0883. The Balaban J connectivity index is 1.94. The van der Waals surface area contributed by atoms with E-state index in [0.29, 0.717) is 11.5 Å². The highest BCUT2D eigenvalue weighted by atomic mass is 32.2. The molecule has 0 bridgehead atoms. The molecular weight excluding hydrogens is 448 g/mol. The second-order valence-electron chi connectivity index (χ2n) is 7.60. The number of benzene rings is 1. The number of amides is 2. The number of primary amides is 1. The van der Waals surface area contributed by atoms with Crippen molar-refractivity contribution in [3.8, 4) is 5.75 Å². The molecule has 1 aromatic rings. The number of aliphatic carboxylic acids is 1. The van der Waals surface area contributed by atoms with Crippen molar-refractivity contribution in [2.75, 3.05) is 6.61 Å². The fraction of sp³-hybridized carbons (Fsp3) is 0.478. The summed E-state index contributed by atoms with van der Waals surface area (Å²) >= 11 is 6.27. The summed E-state index contributed by atoms with van der Waals surface area (Å²) in [4.78, 5) is 36.8. The van der Waals surface area contributed by atoms with E-state index in [9.17, 15) is 19.5 Å². The highest BCUT2D eigenvalue weighted by molar-refractivity contribution is 8.26. The van der Waals surface area contributed by atoms with Gasteiger partial charge in [0.25, 0.3) is 5.91 Å². The van der Waals surface area contributed by atoms with Crippen molar-refractivity contribution in [1.82, 2.24) is 4.90 Å². The Kier molecular flexibility index (Phi) is 10.7. The second kappa shape index (κ2) is 13.2. The number of nitrogens with zero attached hydrogens (tertiary/aromatic N) is 1. The van der Waals surface area contributed by atoms with Gasteiger partial charge in [0, 0.05) is 6.42 Å². The van der Waals surface area contributed by atoms with Crippen LogP contribution in [0.1, 0.15) is 63.9 Å². The molecule has 2 amide bonds. The molecule has 0 aliphatic carbocycles. The lowest BCUT2D eigenvalue weighted by Crippen LogP contribution is -2.44. The normalized spacial score (nSPS) is 15.9. The first-order valence-corrected chi connectivity index (χ1v) is 12.1. The third kappa shape index (κ3) is 7.94. The number of carboxylic acids is 1. The fourth-order valence-electron chi connectivity index (χ4n) is 3.27. The number of thiocarbonyl (C=S) groups is 1. The first kappa shape index (κ1) is 25.9. The number of hydrogen-bond acceptors (Lipinski definition) is 6. The fourth-order valence-corrected chi connectivity index (χ4v) is 4.63. The number of unbranched alkanes of at least 4 members (excludes halogenated alkanes) is 5. The van der Waals surface area contributed by atoms with E-state index in [-0.39, 0.29) is 17.2 Å². The number of rotatable bonds is 14. The van der Waals surface area contributed by atoms with Crippen molar-refractivity contribution in [2.45, 2.75) is 64.3 Å². The van der Waals surface area contributed by atoms with Gasteiger partial charge in [-0.15, -0.1) is 0 Å². The summed E-state index contributed by atoms with van der Waals surface area (Å²) in [7, 11) is 0. The van der Waals surface area contributed by atoms with E-state index in [1.165, 1.54) is 25.7 Å². The van der Waals surface area contributed by atoms with Gasteiger partial charge in [-0.25, -0.2) is 4.79 Å². The first-order valence-electron chi connectivity index (χ1n) is 10.8. The summed E-state index contributed by atoms with van der Waals surface area (Å²) < 4.78 is 5.92. The molecule has 0 aromatic heterocycles. The highest BCUT2D eigenvalue weighted by Gasteiger charge is 2.40. The summed E-state index contributed by atoms with van der Waals surface area (Å²) in [5, 5.41) is 9.48. The molecule has 1 aliphatic heterocycles. The molecule has 174 valence electrons. The topological polar surface area (TPSA) is 110 Å². The lowest BCUT2D eigenvalue weighted by Gasteiger charge is -2.22. The van der Waals surface area contributed by atoms with Gasteiger partial charge < -0.3 is 15.6 Å². The van der Waals surface area contributed by atoms with Crippen molar-refractivity contribution >= 4 is 52.2 Å². The Morgan fingerprint density at radius 1 is 1.19 bits per heavy atom. The molecule has 1 atom stereocenters. The highest BCUT2D eigenvalue weighted by Crippen LogP contribution is 2.35. The average molecular weight is 479 g/mol. The van der Waals surface area contributed by atoms with Gasteiger partial charge in [0.1, 0.15) is 16.1 Å². The van der Waals surface area contributed by atoms with Crippen molar-refractivity contribution < 1.29 is 24.2 Å². The van der Waals surface area contributed by atoms with Gasteiger partial charge >= 0.3 is 5.97 Å². The molecule has 7 nitrogen and oxygen atoms in total. The van der Waals surface area contributed by atoms with Gasteiger partial charge in [-0.3, -0.25) is 14.5 Å². The molecule has 1 aliphatic rings. The summed E-state index contributed by atoms with van der Waals surface area (Å²) in [6.45, 7) is 2.87. The van der Waals surface area contributed by atoms with Gasteiger partial charge in [0.15, 0.2) is 0 Å². The molecule has 1 unspecified atom stereocenters. The van der Waals surface area contributed by atoms with E-state index in [1.807, 2.05) is 24.3 Å². The second-order valence-corrected chi connectivity index (χ2v) is 9.27. The quantitative estimate of drug-likeness (QED) is 0.232. The Morgan fingerprint density at radius 2 is 1.84 bits per heavy atom. The number of thioether (sulfide) groups is 1. The molecule has 0 radical (unpaired) electrons. The van der Waals surface area contributed by atoms with Gasteiger partial charge in [-0.05, 0) is 36.6 Å². The summed E-state index contributed by atoms with van der Waals surface area (Å²) in [6.07, 6.45) is 8.65. The third-order valence-electron chi connectivity index (χ3n) is 5.03. The predicted octanol–water partition coefficient (Wildman–Crippen LogP) is 4.35. The van der Waals surface area contributed by atoms with E-state index in [4.69, 9.17) is 22.7 Å². The number of carbonyl (C=O) groups excluding carboxylic acids is 2. The van der Waals surface area contributed by atoms with Crippen LogP contribution in [0.5, 0.6) is 5.75 Å². The Morgan fingerprint density at radius 3 is 2.47 bits per heavy atom. The van der Waals surface area contributed by atoms with Gasteiger partial charge in [0.05, 0.1) is 11.5 Å². The van der Waals surface area contributed by atoms with Crippen LogP contribution in [-0.4, -0.2) is 44.8 Å². The third-order valence-corrected chi connectivity index (χ3v) is 6.36. The zero-order valence-corrected chi connectivity index (χ0v) is 19.9. The number of hydrogen-bond donors (Lipinski definition) is 2. The summed E-state index contributed by atoms with van der Waals surface area (Å²) in [6, 6.07) is 6.14. The average Bonchev–Trinajstić information content (AvgIpc) is 3.02. The maximum Gasteiger partial charge on any atom is 0.326 e. The molecule has 2 rings (SSSR count). The summed E-state index contributed by atoms with van der Waals surface area (Å²) in [5.41, 5.74) is 5.90. The molecule has 1 aromatic carbocycles. The van der Waals surface area contributed by atoms with Gasteiger partial charge in [-0.1, -0.05) is 75.1 Å². The maximum atomic E-state index is 12.8. The molecular formula is C23H30N2O5S2. The molecule has 1 saturated heterocycles. The van der Waals surface area contributed by atoms with E-state index in [2.05, 4.69) is 6.92 Å². The van der Waals surface area contributed by atoms with Crippen LogP contribution >= 0.6 is 24.0 Å². The minimum Gasteiger partial charge on any atom is -0.494 e. The largest absolute Gasteiger partial charge is 0.494 e. The SMILES string of the molecule is CCCCCCCCOc1ccc(C=C2SC(=S)N(C(CCC(N)=O)C(=O)O)C2=O)cc1. The zero-order chi connectivity index (χ0) is 23.5. The molecule has 1 fully saturated rings. The number of carboxylic acid groups (broad SMARTS) is 1. The van der Waals surface area contributed by atoms with E-state index >= 15 is 0 Å². The van der Waals surface area contributed by atoms with Crippen LogP contribution in [-0.2, 0) is 14.4 Å². The lowest BCUT2D eigenvalue weighted by molar-refractivity contribution is -0.145. The van der Waals surface area contributed by atoms with Crippen molar-refractivity contribution in [3.63, 3.8) is 0 Å². The smallest absolute Gasteiger partial charge is 0.326 e. The van der Waals surface area contributed by atoms with Crippen LogP contribution in [0.25, 0.3) is 6.08 Å². The predicted molar refractivity (Wildman–Crippen MR) is 130 cm³/mol. The molecule has 9 heteroatoms. The molecule has 32 heavy (non-hydrogen) atoms. The van der Waals surface area contributed by atoms with E-state index in [0.717, 1.165) is 40.8 Å². The first-order chi connectivity index (χ1) is 15.3. The van der Waals surface area contributed by atoms with Crippen molar-refractivity contribution in [1.29, 1.82) is 0 Å². The number of carbonyl (C=O) groups is 3. The molecule has 3 N–H and O–H groups in total. The standard InChI is InChI=1S/C23H30N2O5S2/c1-2-3-4-5-6-7-14-30-17-10-8-16(9-11-17)15-19-21(27)25(23(31)32-19)18(22(28)29)12-13-20(24)26/h8-11,15,18H,2-7,12-14H2,1H3,(H2,24,26)(H,28,29).